The van der Waals surface area contributed by atoms with Crippen LogP contribution in [0.25, 0.3) is 0 Å². The van der Waals surface area contributed by atoms with Gasteiger partial charge in [-0.25, -0.2) is 9.18 Å². The molecular formula is C17H25FN2O2. The molecular weight excluding hydrogens is 283 g/mol. The predicted molar refractivity (Wildman–Crippen MR) is 84.3 cm³/mol. The number of carboxylic acid groups (broad SMARTS) is 1. The second-order valence-corrected chi connectivity index (χ2v) is 7.05. The van der Waals surface area contributed by atoms with Crippen LogP contribution in [-0.4, -0.2) is 34.7 Å². The monoisotopic (exact) mass is 308 g/mol. The minimum atomic E-state index is -0.861. The summed E-state index contributed by atoms with van der Waals surface area (Å²) in [4.78, 5) is 13.2. The summed E-state index contributed by atoms with van der Waals surface area (Å²) >= 11 is 0. The molecule has 1 atom stereocenters. The highest BCUT2D eigenvalue weighted by molar-refractivity contribution is 5.67. The normalized spacial score (nSPS) is 22.1. The van der Waals surface area contributed by atoms with Crippen LogP contribution < -0.4 is 5.32 Å². The molecule has 2 rings (SSSR count). The van der Waals surface area contributed by atoms with Crippen LogP contribution in [0, 0.1) is 11.2 Å². The first kappa shape index (κ1) is 16.7. The summed E-state index contributed by atoms with van der Waals surface area (Å²) in [6.45, 7) is 7.92. The highest BCUT2D eigenvalue weighted by Crippen LogP contribution is 2.43. The zero-order chi connectivity index (χ0) is 16.4. The number of nitrogens with one attached hydrogen (secondary N) is 1. The Bertz CT molecular complexity index is 542. The van der Waals surface area contributed by atoms with E-state index in [4.69, 9.17) is 0 Å². The van der Waals surface area contributed by atoms with Crippen LogP contribution in [0.1, 0.15) is 39.2 Å². The molecule has 5 heteroatoms. The Morgan fingerprint density at radius 2 is 2.18 bits per heavy atom. The molecule has 1 saturated heterocycles. The minimum absolute atomic E-state index is 0.170. The van der Waals surface area contributed by atoms with Gasteiger partial charge in [0.25, 0.3) is 0 Å². The number of carbonyl (C=O) groups is 1. The first-order valence-corrected chi connectivity index (χ1v) is 7.72. The highest BCUT2D eigenvalue weighted by atomic mass is 19.1. The van der Waals surface area contributed by atoms with Crippen molar-refractivity contribution in [1.82, 2.24) is 10.2 Å². The van der Waals surface area contributed by atoms with Gasteiger partial charge in [0.05, 0.1) is 5.54 Å². The number of hydrogen-bond acceptors (Lipinski definition) is 2. The quantitative estimate of drug-likeness (QED) is 0.895. The van der Waals surface area contributed by atoms with Crippen molar-refractivity contribution in [2.45, 2.75) is 45.7 Å². The average molecular weight is 308 g/mol. The van der Waals surface area contributed by atoms with E-state index in [-0.39, 0.29) is 11.2 Å². The van der Waals surface area contributed by atoms with Crippen molar-refractivity contribution in [1.29, 1.82) is 0 Å². The van der Waals surface area contributed by atoms with Gasteiger partial charge in [-0.05, 0) is 36.0 Å². The molecule has 2 N–H and O–H groups in total. The number of amides is 1. The van der Waals surface area contributed by atoms with Crippen molar-refractivity contribution >= 4 is 6.09 Å². The molecule has 0 aromatic heterocycles. The molecule has 0 bridgehead atoms. The zero-order valence-corrected chi connectivity index (χ0v) is 13.5. The summed E-state index contributed by atoms with van der Waals surface area (Å²) in [5, 5.41) is 12.8. The number of benzene rings is 1. The van der Waals surface area contributed by atoms with Crippen LogP contribution >= 0.6 is 0 Å². The van der Waals surface area contributed by atoms with Gasteiger partial charge in [-0.1, -0.05) is 32.9 Å². The van der Waals surface area contributed by atoms with E-state index in [0.717, 1.165) is 18.4 Å². The van der Waals surface area contributed by atoms with Crippen molar-refractivity contribution in [2.75, 3.05) is 13.1 Å². The molecule has 22 heavy (non-hydrogen) atoms. The number of nitrogens with zero attached hydrogens (tertiary/aromatic N) is 1. The topological polar surface area (TPSA) is 52.6 Å². The molecule has 4 nitrogen and oxygen atoms in total. The number of halogens is 1. The molecule has 1 amide bonds. The minimum Gasteiger partial charge on any atom is -0.465 e. The van der Waals surface area contributed by atoms with Crippen molar-refractivity contribution in [3.8, 4) is 0 Å². The van der Waals surface area contributed by atoms with Crippen molar-refractivity contribution in [3.05, 3.63) is 35.6 Å². The van der Waals surface area contributed by atoms with E-state index in [1.807, 2.05) is 6.07 Å². The van der Waals surface area contributed by atoms with Gasteiger partial charge < -0.3 is 15.3 Å². The van der Waals surface area contributed by atoms with Crippen molar-refractivity contribution in [2.24, 2.45) is 5.41 Å². The fourth-order valence-corrected chi connectivity index (χ4v) is 3.45. The van der Waals surface area contributed by atoms with Gasteiger partial charge >= 0.3 is 6.09 Å². The van der Waals surface area contributed by atoms with Gasteiger partial charge in [-0.15, -0.1) is 0 Å². The lowest BCUT2D eigenvalue weighted by molar-refractivity contribution is 0.0305. The third-order valence-electron chi connectivity index (χ3n) is 4.75. The summed E-state index contributed by atoms with van der Waals surface area (Å²) in [5.41, 5.74) is 0.270. The molecule has 0 aliphatic carbocycles. The van der Waals surface area contributed by atoms with E-state index in [1.54, 1.807) is 11.0 Å². The van der Waals surface area contributed by atoms with Gasteiger partial charge in [-0.3, -0.25) is 0 Å². The van der Waals surface area contributed by atoms with Gasteiger partial charge in [0.1, 0.15) is 5.82 Å². The molecule has 1 fully saturated rings. The van der Waals surface area contributed by atoms with Gasteiger partial charge in [0.2, 0.25) is 0 Å². The fourth-order valence-electron chi connectivity index (χ4n) is 3.45. The second-order valence-electron chi connectivity index (χ2n) is 7.05. The third-order valence-corrected chi connectivity index (χ3v) is 4.75. The molecule has 1 aromatic rings. The lowest BCUT2D eigenvalue weighted by Crippen LogP contribution is -2.60. The number of likely N-dealkylation sites (tertiary alicyclic amines) is 1. The molecule has 1 aliphatic heterocycles. The Labute approximate surface area is 131 Å². The Balaban J connectivity index is 2.10. The van der Waals surface area contributed by atoms with Gasteiger partial charge in [-0.2, -0.15) is 0 Å². The maximum atomic E-state index is 13.2. The zero-order valence-electron chi connectivity index (χ0n) is 13.5. The first-order chi connectivity index (χ1) is 10.3. The van der Waals surface area contributed by atoms with E-state index in [0.29, 0.717) is 19.6 Å². The van der Waals surface area contributed by atoms with Crippen molar-refractivity contribution in [3.63, 3.8) is 0 Å². The first-order valence-electron chi connectivity index (χ1n) is 7.72. The van der Waals surface area contributed by atoms with E-state index in [2.05, 4.69) is 26.1 Å². The summed E-state index contributed by atoms with van der Waals surface area (Å²) in [6.07, 6.45) is 0.865. The summed E-state index contributed by atoms with van der Waals surface area (Å²) in [7, 11) is 0. The maximum Gasteiger partial charge on any atom is 0.407 e. The SMILES string of the molecule is CC(C)(C)C1(CNCc2cccc(F)c2)CCCN1C(=O)O. The second kappa shape index (κ2) is 6.24. The predicted octanol–water partition coefficient (Wildman–Crippen LogP) is 3.47. The average Bonchev–Trinajstić information content (AvgIpc) is 2.84. The summed E-state index contributed by atoms with van der Waals surface area (Å²) in [5.74, 6) is -0.252. The standard InChI is InChI=1S/C17H25FN2O2/c1-16(2,3)17(8-5-9-20(17)15(21)22)12-19-11-13-6-4-7-14(18)10-13/h4,6-7,10,19H,5,8-9,11-12H2,1-3H3,(H,21,22). The van der Waals surface area contributed by atoms with Crippen LogP contribution in [0.15, 0.2) is 24.3 Å². The van der Waals surface area contributed by atoms with Crippen LogP contribution in [0.5, 0.6) is 0 Å². The maximum absolute atomic E-state index is 13.2. The van der Waals surface area contributed by atoms with Crippen molar-refractivity contribution < 1.29 is 14.3 Å². The van der Waals surface area contributed by atoms with Crippen LogP contribution in [0.3, 0.4) is 0 Å². The molecule has 1 heterocycles. The number of hydrogen-bond donors (Lipinski definition) is 2. The smallest absolute Gasteiger partial charge is 0.407 e. The van der Waals surface area contributed by atoms with Gasteiger partial charge in [0.15, 0.2) is 0 Å². The third kappa shape index (κ3) is 3.24. The summed E-state index contributed by atoms with van der Waals surface area (Å²) in [6, 6.07) is 6.47. The van der Waals surface area contributed by atoms with E-state index < -0.39 is 11.6 Å². The highest BCUT2D eigenvalue weighted by Gasteiger charge is 2.51. The molecule has 0 spiro atoms. The Kier molecular flexibility index (Phi) is 4.75. The van der Waals surface area contributed by atoms with E-state index in [9.17, 15) is 14.3 Å². The molecule has 0 saturated carbocycles. The van der Waals surface area contributed by atoms with E-state index >= 15 is 0 Å². The molecule has 0 radical (unpaired) electrons. The Hall–Kier alpha value is -1.62. The lowest BCUT2D eigenvalue weighted by atomic mass is 9.71. The van der Waals surface area contributed by atoms with Gasteiger partial charge in [0, 0.05) is 19.6 Å². The molecule has 1 unspecified atom stereocenters. The molecule has 122 valence electrons. The van der Waals surface area contributed by atoms with Crippen LogP contribution in [0.2, 0.25) is 0 Å². The summed E-state index contributed by atoms with van der Waals surface area (Å²) < 4.78 is 13.2. The lowest BCUT2D eigenvalue weighted by Gasteiger charge is -2.47. The van der Waals surface area contributed by atoms with E-state index in [1.165, 1.54) is 12.1 Å². The fraction of sp³-hybridized carbons (Fsp3) is 0.588. The molecule has 1 aliphatic rings. The Morgan fingerprint density at radius 1 is 1.45 bits per heavy atom. The van der Waals surface area contributed by atoms with Crippen LogP contribution in [0.4, 0.5) is 9.18 Å². The molecule has 1 aromatic carbocycles. The number of rotatable bonds is 4. The Morgan fingerprint density at radius 3 is 2.77 bits per heavy atom. The largest absolute Gasteiger partial charge is 0.465 e. The van der Waals surface area contributed by atoms with Crippen LogP contribution in [-0.2, 0) is 6.54 Å².